The van der Waals surface area contributed by atoms with Crippen molar-refractivity contribution in [3.8, 4) is 5.75 Å². The highest BCUT2D eigenvalue weighted by Gasteiger charge is 2.21. The number of aromatic hydroxyl groups is 1. The molecule has 1 unspecified atom stereocenters. The highest BCUT2D eigenvalue weighted by atomic mass is 127. The number of nitrogen functional groups attached to an aromatic ring is 1. The third-order valence-electron chi connectivity index (χ3n) is 4.71. The Kier molecular flexibility index (Phi) is 9.66. The molecule has 32 heavy (non-hydrogen) atoms. The molecule has 0 radical (unpaired) electrons. The van der Waals surface area contributed by atoms with Crippen molar-refractivity contribution in [2.24, 2.45) is 0 Å². The molecule has 1 atom stereocenters. The molecule has 0 aliphatic rings. The smallest absolute Gasteiger partial charge is 0.230 e. The van der Waals surface area contributed by atoms with Gasteiger partial charge in [0.1, 0.15) is 5.75 Å². The van der Waals surface area contributed by atoms with E-state index in [9.17, 15) is 9.90 Å². The van der Waals surface area contributed by atoms with Crippen LogP contribution in [0.25, 0.3) is 0 Å². The first-order valence-electron chi connectivity index (χ1n) is 9.60. The first kappa shape index (κ1) is 25.7. The van der Waals surface area contributed by atoms with Gasteiger partial charge in [-0.1, -0.05) is 41.4 Å². The number of carbonyl (C=O) groups is 1. The van der Waals surface area contributed by atoms with Crippen LogP contribution in [0, 0.1) is 7.14 Å². The van der Waals surface area contributed by atoms with Crippen molar-refractivity contribution in [3.05, 3.63) is 88.5 Å². The molecular formula is C23H20Cl2I2N2O2S. The SMILES string of the molecule is Nc1ccc(Cl)cc1C(SCC(=O)NCCc1cc(I)c(O)c(I)c1)c1ccccc1Cl. The van der Waals surface area contributed by atoms with Crippen LogP contribution in [-0.4, -0.2) is 23.3 Å². The summed E-state index contributed by atoms with van der Waals surface area (Å²) in [4.78, 5) is 12.6. The van der Waals surface area contributed by atoms with Crippen molar-refractivity contribution >= 4 is 91.7 Å². The number of anilines is 1. The lowest BCUT2D eigenvalue weighted by molar-refractivity contribution is -0.118. The van der Waals surface area contributed by atoms with Gasteiger partial charge in [-0.2, -0.15) is 0 Å². The average Bonchev–Trinajstić information content (AvgIpc) is 2.75. The van der Waals surface area contributed by atoms with Crippen LogP contribution in [0.1, 0.15) is 21.9 Å². The zero-order valence-corrected chi connectivity index (χ0v) is 23.4. The predicted molar refractivity (Wildman–Crippen MR) is 152 cm³/mol. The molecule has 3 rings (SSSR count). The first-order valence-corrected chi connectivity index (χ1v) is 13.6. The lowest BCUT2D eigenvalue weighted by Crippen LogP contribution is -2.27. The van der Waals surface area contributed by atoms with E-state index in [-0.39, 0.29) is 16.9 Å². The van der Waals surface area contributed by atoms with Gasteiger partial charge < -0.3 is 16.2 Å². The molecule has 3 aromatic carbocycles. The highest BCUT2D eigenvalue weighted by molar-refractivity contribution is 14.1. The van der Waals surface area contributed by atoms with Gasteiger partial charge >= 0.3 is 0 Å². The van der Waals surface area contributed by atoms with Crippen molar-refractivity contribution in [2.75, 3.05) is 18.0 Å². The molecule has 0 aliphatic carbocycles. The van der Waals surface area contributed by atoms with E-state index in [1.165, 1.54) is 11.8 Å². The number of halogens is 4. The quantitative estimate of drug-likeness (QED) is 0.180. The highest BCUT2D eigenvalue weighted by Crippen LogP contribution is 2.42. The number of hydrogen-bond acceptors (Lipinski definition) is 4. The molecular weight excluding hydrogens is 693 g/mol. The molecule has 0 heterocycles. The Bertz CT molecular complexity index is 1110. The number of phenolic OH excluding ortho intramolecular Hbond substituents is 1. The number of hydrogen-bond donors (Lipinski definition) is 3. The summed E-state index contributed by atoms with van der Waals surface area (Å²) in [6, 6.07) is 16.7. The van der Waals surface area contributed by atoms with Gasteiger partial charge in [0, 0.05) is 22.3 Å². The Morgan fingerprint density at radius 3 is 2.44 bits per heavy atom. The van der Waals surface area contributed by atoms with Crippen molar-refractivity contribution < 1.29 is 9.90 Å². The van der Waals surface area contributed by atoms with Crippen LogP contribution in [0.5, 0.6) is 5.75 Å². The van der Waals surface area contributed by atoms with Gasteiger partial charge in [-0.25, -0.2) is 0 Å². The van der Waals surface area contributed by atoms with Crippen LogP contribution in [0.3, 0.4) is 0 Å². The summed E-state index contributed by atoms with van der Waals surface area (Å²) in [6.07, 6.45) is 0.678. The Labute approximate surface area is 228 Å². The van der Waals surface area contributed by atoms with Crippen molar-refractivity contribution in [3.63, 3.8) is 0 Å². The van der Waals surface area contributed by atoms with Gasteiger partial charge in [0.15, 0.2) is 0 Å². The Hall–Kier alpha value is -0.880. The van der Waals surface area contributed by atoms with Gasteiger partial charge in [0.25, 0.3) is 0 Å². The monoisotopic (exact) mass is 712 g/mol. The fourth-order valence-corrected chi connectivity index (χ4v) is 6.70. The van der Waals surface area contributed by atoms with Gasteiger partial charge in [-0.3, -0.25) is 4.79 Å². The maximum absolute atomic E-state index is 12.6. The summed E-state index contributed by atoms with van der Waals surface area (Å²) in [5, 5.41) is 13.8. The molecule has 0 fully saturated rings. The van der Waals surface area contributed by atoms with E-state index >= 15 is 0 Å². The molecule has 0 aromatic heterocycles. The number of nitrogens with two attached hydrogens (primary N) is 1. The number of amides is 1. The molecule has 168 valence electrons. The van der Waals surface area contributed by atoms with Gasteiger partial charge in [-0.15, -0.1) is 11.8 Å². The topological polar surface area (TPSA) is 75.4 Å². The van der Waals surface area contributed by atoms with Crippen LogP contribution in [-0.2, 0) is 11.2 Å². The molecule has 0 saturated carbocycles. The zero-order chi connectivity index (χ0) is 23.3. The summed E-state index contributed by atoms with van der Waals surface area (Å²) in [6.45, 7) is 0.506. The van der Waals surface area contributed by atoms with Gasteiger partial charge in [0.05, 0.1) is 18.1 Å². The van der Waals surface area contributed by atoms with E-state index in [1.54, 1.807) is 12.1 Å². The van der Waals surface area contributed by atoms with Crippen molar-refractivity contribution in [2.45, 2.75) is 11.7 Å². The van der Waals surface area contributed by atoms with E-state index in [4.69, 9.17) is 28.9 Å². The molecule has 0 bridgehead atoms. The van der Waals surface area contributed by atoms with Crippen molar-refractivity contribution in [1.82, 2.24) is 5.32 Å². The second-order valence-electron chi connectivity index (χ2n) is 6.99. The number of thioether (sulfide) groups is 1. The summed E-state index contributed by atoms with van der Waals surface area (Å²) >= 11 is 18.3. The minimum Gasteiger partial charge on any atom is -0.506 e. The minimum absolute atomic E-state index is 0.0733. The lowest BCUT2D eigenvalue weighted by atomic mass is 10.0. The zero-order valence-electron chi connectivity index (χ0n) is 16.7. The third-order valence-corrected chi connectivity index (χ3v) is 8.21. The number of phenols is 1. The van der Waals surface area contributed by atoms with Gasteiger partial charge in [-0.05, 0) is 105 Å². The molecule has 0 aliphatic heterocycles. The number of benzene rings is 3. The van der Waals surface area contributed by atoms with E-state index in [0.29, 0.717) is 34.4 Å². The van der Waals surface area contributed by atoms with Crippen LogP contribution in [0.2, 0.25) is 10.0 Å². The molecule has 0 spiro atoms. The van der Waals surface area contributed by atoms with E-state index < -0.39 is 0 Å². The molecule has 3 aromatic rings. The summed E-state index contributed by atoms with van der Waals surface area (Å²) in [5.74, 6) is 0.462. The Balaban J connectivity index is 1.66. The van der Waals surface area contributed by atoms with E-state index in [0.717, 1.165) is 23.8 Å². The molecule has 0 saturated heterocycles. The van der Waals surface area contributed by atoms with E-state index in [1.807, 2.05) is 42.5 Å². The molecule has 4 N–H and O–H groups in total. The second-order valence-corrected chi connectivity index (χ2v) is 11.3. The standard InChI is InChI=1S/C23H20Cl2I2N2O2S/c24-14-5-6-20(28)16(11-14)23(15-3-1-2-4-17(15)25)32-12-21(30)29-8-7-13-9-18(26)22(31)19(27)10-13/h1-6,9-11,23,31H,7-8,12,28H2,(H,29,30). The maximum atomic E-state index is 12.6. The molecule has 9 heteroatoms. The fourth-order valence-electron chi connectivity index (χ4n) is 3.13. The van der Waals surface area contributed by atoms with Crippen LogP contribution in [0.4, 0.5) is 5.69 Å². The Morgan fingerprint density at radius 2 is 1.75 bits per heavy atom. The normalized spacial score (nSPS) is 11.9. The number of rotatable bonds is 8. The van der Waals surface area contributed by atoms with Crippen LogP contribution in [0.15, 0.2) is 54.6 Å². The third kappa shape index (κ3) is 6.82. The molecule has 4 nitrogen and oxygen atoms in total. The van der Waals surface area contributed by atoms with Crippen LogP contribution < -0.4 is 11.1 Å². The second kappa shape index (κ2) is 12.0. The maximum Gasteiger partial charge on any atom is 0.230 e. The lowest BCUT2D eigenvalue weighted by Gasteiger charge is -2.21. The van der Waals surface area contributed by atoms with Gasteiger partial charge in [0.2, 0.25) is 5.91 Å². The Morgan fingerprint density at radius 1 is 1.06 bits per heavy atom. The van der Waals surface area contributed by atoms with Crippen LogP contribution >= 0.6 is 80.1 Å². The van der Waals surface area contributed by atoms with Crippen molar-refractivity contribution in [1.29, 1.82) is 0 Å². The van der Waals surface area contributed by atoms with E-state index in [2.05, 4.69) is 50.5 Å². The molecule has 1 amide bonds. The minimum atomic E-state index is -0.228. The first-order chi connectivity index (χ1) is 15.3. The number of nitrogens with one attached hydrogen (secondary N) is 1. The largest absolute Gasteiger partial charge is 0.506 e. The average molecular weight is 713 g/mol. The summed E-state index contributed by atoms with van der Waals surface area (Å²) in [5.41, 5.74) is 9.60. The fraction of sp³-hybridized carbons (Fsp3) is 0.174. The summed E-state index contributed by atoms with van der Waals surface area (Å²) in [7, 11) is 0. The predicted octanol–water partition coefficient (Wildman–Crippen LogP) is 6.67. The summed E-state index contributed by atoms with van der Waals surface area (Å²) < 4.78 is 1.60. The number of carbonyl (C=O) groups excluding carboxylic acids is 1.